The zero-order valence-electron chi connectivity index (χ0n) is 9.48. The van der Waals surface area contributed by atoms with Gasteiger partial charge in [-0.2, -0.15) is 0 Å². The van der Waals surface area contributed by atoms with Gasteiger partial charge in [0, 0.05) is 21.4 Å². The molecule has 90 valence electrons. The molecule has 16 heavy (non-hydrogen) atoms. The molecule has 1 aromatic heterocycles. The van der Waals surface area contributed by atoms with Crippen LogP contribution in [0.15, 0.2) is 10.5 Å². The molecule has 0 atom stereocenters. The molecule has 1 aliphatic rings. The van der Waals surface area contributed by atoms with Crippen LogP contribution in [0.5, 0.6) is 0 Å². The third kappa shape index (κ3) is 3.22. The molecule has 0 amide bonds. The van der Waals surface area contributed by atoms with Crippen molar-refractivity contribution < 1.29 is 0 Å². The highest BCUT2D eigenvalue weighted by Crippen LogP contribution is 2.33. The summed E-state index contributed by atoms with van der Waals surface area (Å²) in [5.41, 5.74) is 0.335. The lowest BCUT2D eigenvalue weighted by Gasteiger charge is -2.34. The van der Waals surface area contributed by atoms with Crippen molar-refractivity contribution in [2.45, 2.75) is 51.1 Å². The fraction of sp³-hybridized carbons (Fsp3) is 0.667. The van der Waals surface area contributed by atoms with E-state index in [2.05, 4.69) is 34.2 Å². The van der Waals surface area contributed by atoms with Gasteiger partial charge in [0.05, 0.1) is 0 Å². The van der Waals surface area contributed by atoms with Gasteiger partial charge in [-0.1, -0.05) is 30.9 Å². The maximum absolute atomic E-state index is 6.03. The Bertz CT molecular complexity index is 338. The van der Waals surface area contributed by atoms with Crippen LogP contribution in [-0.4, -0.2) is 5.54 Å². The smallest absolute Gasteiger partial charge is 0.107 e. The maximum Gasteiger partial charge on any atom is 0.107 e. The molecule has 0 saturated heterocycles. The molecule has 0 radical (unpaired) electrons. The normalized spacial score (nSPS) is 19.9. The number of halogens is 2. The van der Waals surface area contributed by atoms with Crippen molar-refractivity contribution in [2.75, 3.05) is 0 Å². The first-order valence-electron chi connectivity index (χ1n) is 5.78. The molecule has 1 heterocycles. The Morgan fingerprint density at radius 1 is 1.44 bits per heavy atom. The SMILES string of the molecule is CC1(NCc2cc(Br)c(Cl)s2)CCCCC1. The topological polar surface area (TPSA) is 12.0 Å². The molecule has 1 saturated carbocycles. The van der Waals surface area contributed by atoms with Gasteiger partial charge in [-0.25, -0.2) is 0 Å². The van der Waals surface area contributed by atoms with Gasteiger partial charge in [-0.3, -0.25) is 0 Å². The Hall–Kier alpha value is 0.430. The van der Waals surface area contributed by atoms with Crippen LogP contribution < -0.4 is 5.32 Å². The summed E-state index contributed by atoms with van der Waals surface area (Å²) < 4.78 is 1.87. The number of rotatable bonds is 3. The van der Waals surface area contributed by atoms with Gasteiger partial charge in [0.2, 0.25) is 0 Å². The van der Waals surface area contributed by atoms with E-state index in [1.54, 1.807) is 11.3 Å². The summed E-state index contributed by atoms with van der Waals surface area (Å²) in [5.74, 6) is 0. The summed E-state index contributed by atoms with van der Waals surface area (Å²) >= 11 is 11.1. The fourth-order valence-electron chi connectivity index (χ4n) is 2.29. The lowest BCUT2D eigenvalue weighted by Crippen LogP contribution is -2.43. The number of hydrogen-bond acceptors (Lipinski definition) is 2. The van der Waals surface area contributed by atoms with E-state index in [1.165, 1.54) is 37.0 Å². The van der Waals surface area contributed by atoms with Crippen LogP contribution in [0, 0.1) is 0 Å². The summed E-state index contributed by atoms with van der Waals surface area (Å²) in [6, 6.07) is 2.12. The molecular formula is C12H17BrClNS. The maximum atomic E-state index is 6.03. The molecule has 0 aromatic carbocycles. The van der Waals surface area contributed by atoms with E-state index in [0.717, 1.165) is 15.4 Å². The van der Waals surface area contributed by atoms with E-state index in [1.807, 2.05) is 0 Å². The van der Waals surface area contributed by atoms with Crippen molar-refractivity contribution in [3.8, 4) is 0 Å². The Morgan fingerprint density at radius 3 is 2.69 bits per heavy atom. The number of thiophene rings is 1. The quantitative estimate of drug-likeness (QED) is 0.828. The van der Waals surface area contributed by atoms with Crippen LogP contribution in [0.25, 0.3) is 0 Å². The summed E-state index contributed by atoms with van der Waals surface area (Å²) in [5, 5.41) is 3.69. The van der Waals surface area contributed by atoms with Crippen molar-refractivity contribution in [3.63, 3.8) is 0 Å². The standard InChI is InChI=1S/C12H17BrClNS/c1-12(5-3-2-4-6-12)15-8-9-7-10(13)11(14)16-9/h7,15H,2-6,8H2,1H3. The number of hydrogen-bond donors (Lipinski definition) is 1. The van der Waals surface area contributed by atoms with Crippen LogP contribution in [0.3, 0.4) is 0 Å². The van der Waals surface area contributed by atoms with E-state index in [9.17, 15) is 0 Å². The zero-order valence-corrected chi connectivity index (χ0v) is 12.6. The summed E-state index contributed by atoms with van der Waals surface area (Å²) in [6.07, 6.45) is 6.71. The Balaban J connectivity index is 1.91. The fourth-order valence-corrected chi connectivity index (χ4v) is 4.02. The second-order valence-electron chi connectivity index (χ2n) is 4.81. The zero-order chi connectivity index (χ0) is 11.6. The lowest BCUT2D eigenvalue weighted by atomic mass is 9.83. The molecule has 1 fully saturated rings. The van der Waals surface area contributed by atoms with Crippen molar-refractivity contribution in [1.29, 1.82) is 0 Å². The molecule has 1 N–H and O–H groups in total. The molecule has 1 aromatic rings. The molecule has 0 spiro atoms. The highest BCUT2D eigenvalue weighted by atomic mass is 79.9. The summed E-state index contributed by atoms with van der Waals surface area (Å²) in [6.45, 7) is 3.28. The van der Waals surface area contributed by atoms with E-state index in [0.29, 0.717) is 5.54 Å². The average Bonchev–Trinajstić information content (AvgIpc) is 2.57. The monoisotopic (exact) mass is 321 g/mol. The van der Waals surface area contributed by atoms with Gasteiger partial charge in [-0.05, 0) is 41.8 Å². The highest BCUT2D eigenvalue weighted by molar-refractivity contribution is 9.10. The first-order valence-corrected chi connectivity index (χ1v) is 7.77. The second kappa shape index (κ2) is 5.38. The Kier molecular flexibility index (Phi) is 4.33. The average molecular weight is 323 g/mol. The molecule has 0 bridgehead atoms. The van der Waals surface area contributed by atoms with E-state index < -0.39 is 0 Å². The third-order valence-corrected chi connectivity index (χ3v) is 5.82. The minimum absolute atomic E-state index is 0.335. The molecule has 0 aliphatic heterocycles. The predicted octanol–water partition coefficient (Wildman–Crippen LogP) is 4.98. The van der Waals surface area contributed by atoms with Crippen LogP contribution in [0.1, 0.15) is 43.9 Å². The Morgan fingerprint density at radius 2 is 2.12 bits per heavy atom. The van der Waals surface area contributed by atoms with Crippen LogP contribution in [0.2, 0.25) is 4.34 Å². The van der Waals surface area contributed by atoms with E-state index in [4.69, 9.17) is 11.6 Å². The van der Waals surface area contributed by atoms with Gasteiger partial charge in [0.25, 0.3) is 0 Å². The van der Waals surface area contributed by atoms with Crippen molar-refractivity contribution in [1.82, 2.24) is 5.32 Å². The first-order chi connectivity index (χ1) is 7.59. The third-order valence-electron chi connectivity index (χ3n) is 3.34. The van der Waals surface area contributed by atoms with Crippen molar-refractivity contribution >= 4 is 38.9 Å². The molecule has 2 rings (SSSR count). The molecule has 0 unspecified atom stereocenters. The Labute approximate surface area is 115 Å². The van der Waals surface area contributed by atoms with Crippen molar-refractivity contribution in [2.24, 2.45) is 0 Å². The molecular weight excluding hydrogens is 306 g/mol. The largest absolute Gasteiger partial charge is 0.307 e. The van der Waals surface area contributed by atoms with Gasteiger partial charge in [0.15, 0.2) is 0 Å². The summed E-state index contributed by atoms with van der Waals surface area (Å²) in [4.78, 5) is 1.31. The first kappa shape index (κ1) is 12.9. The highest BCUT2D eigenvalue weighted by Gasteiger charge is 2.25. The minimum Gasteiger partial charge on any atom is -0.307 e. The van der Waals surface area contributed by atoms with Crippen LogP contribution >= 0.6 is 38.9 Å². The van der Waals surface area contributed by atoms with Gasteiger partial charge < -0.3 is 5.32 Å². The molecule has 1 aliphatic carbocycles. The van der Waals surface area contributed by atoms with E-state index >= 15 is 0 Å². The molecule has 1 nitrogen and oxygen atoms in total. The van der Waals surface area contributed by atoms with Gasteiger partial charge in [0.1, 0.15) is 4.34 Å². The molecule has 4 heteroatoms. The van der Waals surface area contributed by atoms with Crippen LogP contribution in [0.4, 0.5) is 0 Å². The minimum atomic E-state index is 0.335. The predicted molar refractivity (Wildman–Crippen MR) is 75.4 cm³/mol. The van der Waals surface area contributed by atoms with Crippen LogP contribution in [-0.2, 0) is 6.54 Å². The van der Waals surface area contributed by atoms with Crippen molar-refractivity contribution in [3.05, 3.63) is 19.8 Å². The number of nitrogens with one attached hydrogen (secondary N) is 1. The van der Waals surface area contributed by atoms with Gasteiger partial charge in [-0.15, -0.1) is 11.3 Å². The summed E-state index contributed by atoms with van der Waals surface area (Å²) in [7, 11) is 0. The lowest BCUT2D eigenvalue weighted by molar-refractivity contribution is 0.253. The van der Waals surface area contributed by atoms with E-state index in [-0.39, 0.29) is 0 Å². The van der Waals surface area contributed by atoms with Gasteiger partial charge >= 0.3 is 0 Å². The second-order valence-corrected chi connectivity index (χ2v) is 7.40.